The number of hydrogen-bond donors (Lipinski definition) is 0. The first-order valence-corrected chi connectivity index (χ1v) is 6.88. The van der Waals surface area contributed by atoms with E-state index in [9.17, 15) is 4.55 Å². The Morgan fingerprint density at radius 1 is 0.667 bits per heavy atom. The molecule has 0 amide bonds. The van der Waals surface area contributed by atoms with Crippen LogP contribution in [0.15, 0.2) is 0 Å². The molecule has 0 nitrogen and oxygen atoms in total. The van der Waals surface area contributed by atoms with Crippen LogP contribution in [0.1, 0.15) is 0 Å². The predicted octanol–water partition coefficient (Wildman–Crippen LogP) is 2.10. The van der Waals surface area contributed by atoms with E-state index in [2.05, 4.69) is 0 Å². The third kappa shape index (κ3) is 77.3. The summed E-state index contributed by atoms with van der Waals surface area (Å²) in [5.74, 6) is 0. The standard InChI is InChI=1S/Ce.5FH/h;5*1H/q+5;;;;;/p-5. The van der Waals surface area contributed by atoms with Crippen LogP contribution in [0.25, 0.3) is 0 Å². The van der Waals surface area contributed by atoms with Crippen molar-refractivity contribution in [1.82, 2.24) is 0 Å². The fourth-order valence-electron chi connectivity index (χ4n) is 0. The first-order chi connectivity index (χ1) is 2.24. The number of hydrogen-bond acceptors (Lipinski definition) is 0. The molecule has 0 heterocycles. The SMILES string of the molecule is [F][Ce]([F])([F])([F])[F]. The first-order valence-electron chi connectivity index (χ1n) is 0.945. The molecular formula is CeF5. The molecule has 0 atom stereocenters. The van der Waals surface area contributed by atoms with Gasteiger partial charge in [0, 0.05) is 0 Å². The fourth-order valence-corrected chi connectivity index (χ4v) is 0. The third-order valence-corrected chi connectivity index (χ3v) is 0. The summed E-state index contributed by atoms with van der Waals surface area (Å²) in [6.07, 6.45) is 0. The molecule has 0 fully saturated rings. The maximum absolute atomic E-state index is 9.93. The van der Waals surface area contributed by atoms with Crippen molar-refractivity contribution in [2.75, 3.05) is 0 Å². The van der Waals surface area contributed by atoms with Crippen molar-refractivity contribution in [2.24, 2.45) is 0 Å². The van der Waals surface area contributed by atoms with Gasteiger partial charge in [0.15, 0.2) is 0 Å². The van der Waals surface area contributed by atoms with Gasteiger partial charge in [0.2, 0.25) is 0 Å². The molecule has 0 rings (SSSR count). The van der Waals surface area contributed by atoms with Crippen LogP contribution in [0.4, 0.5) is 4.55 Å². The summed E-state index contributed by atoms with van der Waals surface area (Å²) in [6, 6.07) is 0. The quantitative estimate of drug-likeness (QED) is 0.564. The minimum absolute atomic E-state index is 9.35. The normalized spacial score (nSPS) is 19.2. The molecule has 0 aromatic carbocycles. The Balaban J connectivity index is 3.73. The Morgan fingerprint density at radius 3 is 0.667 bits per heavy atom. The summed E-state index contributed by atoms with van der Waals surface area (Å²) in [4.78, 5) is 0. The van der Waals surface area contributed by atoms with Gasteiger partial charge in [-0.05, 0) is 0 Å². The third-order valence-electron chi connectivity index (χ3n) is 0. The molecule has 0 aliphatic rings. The van der Waals surface area contributed by atoms with E-state index in [4.69, 9.17) is 0 Å². The van der Waals surface area contributed by atoms with Crippen molar-refractivity contribution in [3.05, 3.63) is 0 Å². The van der Waals surface area contributed by atoms with Crippen molar-refractivity contribution in [2.45, 2.75) is 0 Å². The van der Waals surface area contributed by atoms with E-state index in [0.717, 1.165) is 0 Å². The van der Waals surface area contributed by atoms with Gasteiger partial charge in [-0.1, -0.05) is 0 Å². The van der Waals surface area contributed by atoms with Crippen LogP contribution in [0, 0.1) is 35.4 Å². The Labute approximate surface area is 39.6 Å². The summed E-state index contributed by atoms with van der Waals surface area (Å²) in [6.45, 7) is 0. The fraction of sp³-hybridized carbons (Fsp3) is 0. The zero-order valence-corrected chi connectivity index (χ0v) is 5.53. The van der Waals surface area contributed by atoms with Gasteiger partial charge in [-0.3, -0.25) is 0 Å². The molecule has 0 bridgehead atoms. The van der Waals surface area contributed by atoms with Crippen molar-refractivity contribution in [1.29, 1.82) is 0 Å². The molecule has 0 aromatic heterocycles. The zero-order valence-electron chi connectivity index (χ0n) is 2.39. The van der Waals surface area contributed by atoms with E-state index in [-0.39, 0.29) is 0 Å². The number of halogens is 5. The van der Waals surface area contributed by atoms with E-state index in [0.29, 0.717) is 0 Å². The Bertz CT molecular complexity index is 37.1. The summed E-state index contributed by atoms with van der Waals surface area (Å²) in [5, 5.41) is 0. The van der Waals surface area contributed by atoms with Gasteiger partial charge in [-0.15, -0.1) is 0 Å². The van der Waals surface area contributed by atoms with Crippen LogP contribution in [0.2, 0.25) is 0 Å². The zero-order chi connectivity index (χ0) is 5.45. The second-order valence-electron chi connectivity index (χ2n) is 0.714. The van der Waals surface area contributed by atoms with Crippen LogP contribution in [0.5, 0.6) is 0 Å². The van der Waals surface area contributed by atoms with Gasteiger partial charge < -0.3 is 0 Å². The van der Waals surface area contributed by atoms with Crippen LogP contribution in [-0.4, -0.2) is 0 Å². The average molecular weight is 235 g/mol. The Hall–Kier alpha value is 1.03. The average Bonchev–Trinajstić information content (AvgIpc) is 0.650. The second kappa shape index (κ2) is 1.25. The van der Waals surface area contributed by atoms with Crippen LogP contribution in [-0.2, 0) is 0 Å². The molecular weight excluding hydrogens is 235 g/mol. The second-order valence-corrected chi connectivity index (χ2v) is 5.20. The monoisotopic (exact) mass is 235 g/mol. The van der Waals surface area contributed by atoms with Gasteiger partial charge in [0.05, 0.1) is 0 Å². The van der Waals surface area contributed by atoms with E-state index in [1.807, 2.05) is 0 Å². The Kier molecular flexibility index (Phi) is 1.47. The molecule has 0 unspecified atom stereocenters. The van der Waals surface area contributed by atoms with Crippen molar-refractivity contribution >= 4 is 0 Å². The van der Waals surface area contributed by atoms with Crippen LogP contribution in [0.3, 0.4) is 0 Å². The molecule has 6 heteroatoms. The predicted molar refractivity (Wildman–Crippen MR) is 5.54 cm³/mol. The van der Waals surface area contributed by atoms with Crippen molar-refractivity contribution in [3.63, 3.8) is 0 Å². The molecule has 0 aliphatic heterocycles. The Morgan fingerprint density at radius 2 is 0.667 bits per heavy atom. The topological polar surface area (TPSA) is 0 Å². The molecule has 0 saturated heterocycles. The molecule has 0 N–H and O–H groups in total. The molecule has 0 spiro atoms. The van der Waals surface area contributed by atoms with Gasteiger partial charge >= 0.3 is 40.0 Å². The number of rotatable bonds is 0. The van der Waals surface area contributed by atoms with Crippen molar-refractivity contribution in [3.8, 4) is 0 Å². The van der Waals surface area contributed by atoms with E-state index in [1.54, 1.807) is 0 Å². The molecule has 0 aliphatic carbocycles. The van der Waals surface area contributed by atoms with Gasteiger partial charge in [0.1, 0.15) is 0 Å². The summed E-state index contributed by atoms with van der Waals surface area (Å²) < 4.78 is 49.6. The molecule has 0 saturated carbocycles. The van der Waals surface area contributed by atoms with E-state index in [1.165, 1.54) is 0 Å². The first kappa shape index (κ1) is 7.03. The maximum atomic E-state index is 9.93. The van der Waals surface area contributed by atoms with Gasteiger partial charge in [-0.25, -0.2) is 0 Å². The van der Waals surface area contributed by atoms with Gasteiger partial charge in [-0.2, -0.15) is 0 Å². The molecule has 39 valence electrons. The summed E-state index contributed by atoms with van der Waals surface area (Å²) in [7, 11) is 0. The van der Waals surface area contributed by atoms with E-state index >= 15 is 0 Å². The minimum atomic E-state index is -9.35. The van der Waals surface area contributed by atoms with Crippen LogP contribution < -0.4 is 0 Å². The summed E-state index contributed by atoms with van der Waals surface area (Å²) >= 11 is -9.35. The van der Waals surface area contributed by atoms with Crippen molar-refractivity contribution < 1.29 is 40.0 Å². The summed E-state index contributed by atoms with van der Waals surface area (Å²) in [5.41, 5.74) is 0. The molecule has 0 aromatic rings. The van der Waals surface area contributed by atoms with E-state index < -0.39 is 35.4 Å². The van der Waals surface area contributed by atoms with Crippen LogP contribution >= 0.6 is 0 Å². The molecule has 0 radical (unpaired) electrons. The van der Waals surface area contributed by atoms with Gasteiger partial charge in [0.25, 0.3) is 0 Å². The molecule has 6 heavy (non-hydrogen) atoms.